The van der Waals surface area contributed by atoms with Crippen LogP contribution in [0.1, 0.15) is 171 Å². The SMILES string of the molecule is C[C@@H]1CCN(CC(=O)[C@H]2CC[C@H]3[C@@H]4CC[C@@H]5C[C@](C)(O)CC[C@@H]5[C@H]4CC[C@]23C)C1.C[C@@H]1CCNC1.C[C@@]1(O)CC[C@H]2[C@H](CC[C@@H]3[C@@H]2CC[C@]2(C)[C@@H](C(=O)CBr)CC[C@@H]32)C1.O=CO[O-].[H-].[K+].[K+]. The number of nitrogens with one attached hydrogen (secondary N) is 1. The van der Waals surface area contributed by atoms with Gasteiger partial charge in [-0.15, -0.1) is 0 Å². The third-order valence-corrected chi connectivity index (χ3v) is 21.2. The minimum absolute atomic E-state index is 0. The summed E-state index contributed by atoms with van der Waals surface area (Å²) in [7, 11) is 0. The zero-order valence-electron chi connectivity index (χ0n) is 43.3. The van der Waals surface area contributed by atoms with Crippen molar-refractivity contribution in [3.05, 3.63) is 0 Å². The summed E-state index contributed by atoms with van der Waals surface area (Å²) in [5.41, 5.74) is -0.317. The van der Waals surface area contributed by atoms with Gasteiger partial charge in [0.15, 0.2) is 0 Å². The molecule has 65 heavy (non-hydrogen) atoms. The molecule has 10 rings (SSSR count). The van der Waals surface area contributed by atoms with Crippen LogP contribution in [0.5, 0.6) is 0 Å². The first-order chi connectivity index (χ1) is 29.9. The van der Waals surface area contributed by atoms with Crippen LogP contribution in [-0.4, -0.2) is 82.4 Å². The van der Waals surface area contributed by atoms with Gasteiger partial charge in [-0.1, -0.05) is 43.6 Å². The number of rotatable bonds is 6. The summed E-state index contributed by atoms with van der Waals surface area (Å²) < 4.78 is 0. The summed E-state index contributed by atoms with van der Waals surface area (Å²) in [6.45, 7) is 18.9. The Kier molecular flexibility index (Phi) is 22.5. The van der Waals surface area contributed by atoms with Gasteiger partial charge in [-0.25, -0.2) is 0 Å². The van der Waals surface area contributed by atoms with Crippen molar-refractivity contribution in [1.29, 1.82) is 0 Å². The van der Waals surface area contributed by atoms with E-state index in [0.717, 1.165) is 123 Å². The smallest absolute Gasteiger partial charge is 1.00 e. The Morgan fingerprint density at radius 1 is 0.677 bits per heavy atom. The molecule has 0 unspecified atom stereocenters. The van der Waals surface area contributed by atoms with Gasteiger partial charge >= 0.3 is 103 Å². The van der Waals surface area contributed by atoms with E-state index < -0.39 is 11.2 Å². The molecule has 3 N–H and O–H groups in total. The largest absolute Gasteiger partial charge is 1.00 e. The first-order valence-corrected chi connectivity index (χ1v) is 27.3. The number of Topliss-reactive ketones (excluding diaryl/α,β-unsaturated/α-hetero) is 2. The van der Waals surface area contributed by atoms with E-state index >= 15 is 0 Å². The maximum Gasteiger partial charge on any atom is 1.00 e. The van der Waals surface area contributed by atoms with E-state index in [-0.39, 0.29) is 121 Å². The van der Waals surface area contributed by atoms with Gasteiger partial charge in [0, 0.05) is 18.4 Å². The second-order valence-corrected chi connectivity index (χ2v) is 25.2. The summed E-state index contributed by atoms with van der Waals surface area (Å²) >= 11 is 3.42. The van der Waals surface area contributed by atoms with E-state index in [1.165, 1.54) is 103 Å². The van der Waals surface area contributed by atoms with E-state index in [9.17, 15) is 19.8 Å². The van der Waals surface area contributed by atoms with E-state index in [1.807, 2.05) is 6.92 Å². The van der Waals surface area contributed by atoms with E-state index in [1.54, 1.807) is 0 Å². The number of aliphatic hydroxyl groups is 2. The minimum Gasteiger partial charge on any atom is -1.00 e. The van der Waals surface area contributed by atoms with Gasteiger partial charge in [0.2, 0.25) is 0 Å². The van der Waals surface area contributed by atoms with Crippen LogP contribution in [0.3, 0.4) is 0 Å². The topological polar surface area (TPSA) is 139 Å². The molecule has 2 heterocycles. The Balaban J connectivity index is 0.000000232. The van der Waals surface area contributed by atoms with Gasteiger partial charge in [-0.2, -0.15) is 0 Å². The van der Waals surface area contributed by atoms with Crippen LogP contribution in [0.2, 0.25) is 0 Å². The molecule has 2 saturated heterocycles. The normalized spacial score (nSPS) is 46.9. The molecule has 8 saturated carbocycles. The van der Waals surface area contributed by atoms with Crippen molar-refractivity contribution >= 4 is 34.0 Å². The first kappa shape index (κ1) is 58.3. The third-order valence-electron chi connectivity index (χ3n) is 20.6. The second-order valence-electron chi connectivity index (χ2n) is 24.7. The predicted octanol–water partition coefficient (Wildman–Crippen LogP) is 3.06. The molecule has 0 bridgehead atoms. The standard InChI is InChI=1S/C26H43NO2.C21H33BrO2.C5H11N.CH2O3.2K.H/c1-17-10-13-27(15-17)16-24(28)23-7-6-22-21-5-4-18-14-25(2,29)11-8-19(18)20(21)9-12-26(22,23)3;1-20(24)9-7-14-13(11-20)3-4-16-15(14)8-10-21(2)17(16)5-6-18(21)19(23)12-22;1-5-2-3-6-4-5;2-1-4-3;;;/h17-23,29H,4-16H2,1-3H3;13-18,24H,3-12H2,1-2H3;5-6H,2-4H2,1H3;1,3H;;;/q;;;;2*+1;-1/p-1/t17-,18-,19+,20-,21-,22+,23-,25-,26+;13-,14+,15-,16-,17+,18-,20-,21+;5-;;;;/m111..../s1. The average Bonchev–Trinajstić information content (AvgIpc) is 4.06. The zero-order chi connectivity index (χ0) is 45.3. The molecule has 10 fully saturated rings. The van der Waals surface area contributed by atoms with Crippen molar-refractivity contribution in [3.63, 3.8) is 0 Å². The number of ketones is 2. The molecule has 0 aromatic rings. The molecule has 362 valence electrons. The van der Waals surface area contributed by atoms with Crippen molar-refractivity contribution < 1.29 is 139 Å². The fourth-order valence-electron chi connectivity index (χ4n) is 17.6. The van der Waals surface area contributed by atoms with Crippen LogP contribution < -0.4 is 113 Å². The molecule has 8 aliphatic carbocycles. The second kappa shape index (κ2) is 25.1. The number of alkyl halides is 1. The van der Waals surface area contributed by atoms with E-state index in [2.05, 4.69) is 65.7 Å². The van der Waals surface area contributed by atoms with Crippen LogP contribution in [-0.2, 0) is 19.3 Å². The monoisotopic (exact) mass is 1020 g/mol. The minimum atomic E-state index is -0.422. The molecular weight excluding hydrogens is 935 g/mol. The van der Waals surface area contributed by atoms with Crippen molar-refractivity contribution in [1.82, 2.24) is 10.2 Å². The quantitative estimate of drug-likeness (QED) is 0.121. The number of hydrogen-bond donors (Lipinski definition) is 3. The van der Waals surface area contributed by atoms with Crippen molar-refractivity contribution in [2.24, 2.45) is 93.7 Å². The first-order valence-electron chi connectivity index (χ1n) is 26.1. The van der Waals surface area contributed by atoms with Gasteiger partial charge in [0.1, 0.15) is 11.6 Å². The number of likely N-dealkylation sites (tertiary alicyclic amines) is 1. The molecule has 0 amide bonds. The van der Waals surface area contributed by atoms with E-state index in [4.69, 9.17) is 10.1 Å². The number of carbonyl (C=O) groups is 3. The molecule has 2 aliphatic heterocycles. The van der Waals surface area contributed by atoms with Crippen LogP contribution in [0.25, 0.3) is 0 Å². The molecule has 0 radical (unpaired) electrons. The molecule has 0 aromatic carbocycles. The third kappa shape index (κ3) is 13.4. The van der Waals surface area contributed by atoms with Crippen LogP contribution >= 0.6 is 15.9 Å². The Labute approximate surface area is 489 Å². The molecule has 10 aliphatic rings. The predicted molar refractivity (Wildman–Crippen MR) is 251 cm³/mol. The zero-order valence-corrected chi connectivity index (χ0v) is 50.1. The maximum atomic E-state index is 13.4. The Morgan fingerprint density at radius 2 is 1.15 bits per heavy atom. The summed E-state index contributed by atoms with van der Waals surface area (Å²) in [5.74, 6) is 11.5. The summed E-state index contributed by atoms with van der Waals surface area (Å²) in [4.78, 5) is 39.5. The maximum absolute atomic E-state index is 13.4. The van der Waals surface area contributed by atoms with E-state index in [0.29, 0.717) is 35.3 Å². The van der Waals surface area contributed by atoms with Gasteiger partial charge < -0.3 is 27.1 Å². The van der Waals surface area contributed by atoms with Gasteiger partial charge in [-0.05, 0) is 244 Å². The molecule has 0 aromatic heterocycles. The number of nitrogens with zero attached hydrogens (tertiary/aromatic N) is 1. The van der Waals surface area contributed by atoms with Crippen molar-refractivity contribution in [2.75, 3.05) is 38.1 Å². The van der Waals surface area contributed by atoms with Gasteiger partial charge in [0.25, 0.3) is 6.47 Å². The number of halogens is 1. The van der Waals surface area contributed by atoms with Crippen molar-refractivity contribution in [2.45, 2.75) is 181 Å². The fourth-order valence-corrected chi connectivity index (χ4v) is 18.0. The van der Waals surface area contributed by atoms with Gasteiger partial charge in [0.05, 0.1) is 23.1 Å². The summed E-state index contributed by atoms with van der Waals surface area (Å²) in [5, 5.41) is 33.3. The van der Waals surface area contributed by atoms with Crippen LogP contribution in [0.15, 0.2) is 0 Å². The van der Waals surface area contributed by atoms with Gasteiger partial charge in [-0.3, -0.25) is 19.3 Å². The Bertz CT molecular complexity index is 1570. The molecule has 0 spiro atoms. The van der Waals surface area contributed by atoms with Crippen molar-refractivity contribution in [3.8, 4) is 0 Å². The summed E-state index contributed by atoms with van der Waals surface area (Å²) in [6.07, 6.45) is 24.5. The molecular formula is C53H89BrK2N2O7. The number of fused-ring (bicyclic) bond motifs is 10. The van der Waals surface area contributed by atoms with Crippen LogP contribution in [0.4, 0.5) is 0 Å². The molecule has 18 atom stereocenters. The molecule has 9 nitrogen and oxygen atoms in total. The summed E-state index contributed by atoms with van der Waals surface area (Å²) in [6, 6.07) is 0. The fraction of sp³-hybridized carbons (Fsp3) is 0.943. The number of hydrogen-bond acceptors (Lipinski definition) is 9. The Morgan fingerprint density at radius 3 is 1.54 bits per heavy atom. The number of carbonyl (C=O) groups excluding carboxylic acids is 3. The Hall–Kier alpha value is 2.36. The average molecular weight is 1020 g/mol. The van der Waals surface area contributed by atoms with Crippen LogP contribution in [0, 0.1) is 93.7 Å². The molecule has 12 heteroatoms.